The average Bonchev–Trinajstić information content (AvgIpc) is 2.66. The van der Waals surface area contributed by atoms with Crippen molar-refractivity contribution < 1.29 is 18.7 Å². The molecule has 5 nitrogen and oxygen atoms in total. The van der Waals surface area contributed by atoms with Gasteiger partial charge in [0.05, 0.1) is 6.61 Å². The Bertz CT molecular complexity index is 747. The molecule has 0 aliphatic heterocycles. The molecule has 2 aromatic rings. The van der Waals surface area contributed by atoms with Gasteiger partial charge in [0.25, 0.3) is 0 Å². The summed E-state index contributed by atoms with van der Waals surface area (Å²) in [5.74, 6) is -0.302. The number of amides is 2. The van der Waals surface area contributed by atoms with Gasteiger partial charge in [0, 0.05) is 25.1 Å². The molecule has 0 fully saturated rings. The first-order valence-corrected chi connectivity index (χ1v) is 9.11. The average molecular weight is 372 g/mol. The highest BCUT2D eigenvalue weighted by Gasteiger charge is 2.05. The van der Waals surface area contributed by atoms with Gasteiger partial charge in [-0.2, -0.15) is 0 Å². The number of anilines is 1. The molecule has 6 heteroatoms. The maximum absolute atomic E-state index is 13.4. The lowest BCUT2D eigenvalue weighted by Crippen LogP contribution is -2.23. The Morgan fingerprint density at radius 2 is 1.74 bits per heavy atom. The summed E-state index contributed by atoms with van der Waals surface area (Å²) >= 11 is 0. The predicted molar refractivity (Wildman–Crippen MR) is 103 cm³/mol. The highest BCUT2D eigenvalue weighted by atomic mass is 19.1. The van der Waals surface area contributed by atoms with Gasteiger partial charge in [0.1, 0.15) is 0 Å². The Kier molecular flexibility index (Phi) is 8.29. The number of nitrogens with one attached hydrogen (secondary N) is 2. The third kappa shape index (κ3) is 7.48. The van der Waals surface area contributed by atoms with Crippen LogP contribution in [0.1, 0.15) is 38.2 Å². The van der Waals surface area contributed by atoms with Crippen LogP contribution in [0.15, 0.2) is 48.5 Å². The summed E-state index contributed by atoms with van der Waals surface area (Å²) in [6, 6.07) is 13.6. The van der Waals surface area contributed by atoms with Crippen molar-refractivity contribution in [2.75, 3.05) is 11.9 Å². The molecule has 2 rings (SSSR count). The van der Waals surface area contributed by atoms with E-state index in [2.05, 4.69) is 10.6 Å². The van der Waals surface area contributed by atoms with Crippen LogP contribution in [0.3, 0.4) is 0 Å². The lowest BCUT2D eigenvalue weighted by atomic mass is 10.2. The minimum absolute atomic E-state index is 0.00356. The number of carbonyl (C=O) groups is 2. The fourth-order valence-corrected chi connectivity index (χ4v) is 2.42. The van der Waals surface area contributed by atoms with E-state index in [1.54, 1.807) is 18.2 Å². The Labute approximate surface area is 158 Å². The van der Waals surface area contributed by atoms with Crippen LogP contribution < -0.4 is 15.4 Å². The maximum atomic E-state index is 13.4. The number of hydrogen-bond donors (Lipinski definition) is 2. The van der Waals surface area contributed by atoms with Gasteiger partial charge >= 0.3 is 0 Å². The first kappa shape index (κ1) is 20.4. The van der Waals surface area contributed by atoms with Crippen LogP contribution in [-0.2, 0) is 16.1 Å². The van der Waals surface area contributed by atoms with Crippen molar-refractivity contribution in [3.05, 3.63) is 59.9 Å². The van der Waals surface area contributed by atoms with Crippen LogP contribution in [-0.4, -0.2) is 18.4 Å². The van der Waals surface area contributed by atoms with Gasteiger partial charge in [-0.3, -0.25) is 9.59 Å². The molecule has 0 aromatic heterocycles. The monoisotopic (exact) mass is 372 g/mol. The van der Waals surface area contributed by atoms with Crippen LogP contribution in [0.4, 0.5) is 10.1 Å². The van der Waals surface area contributed by atoms with E-state index in [9.17, 15) is 14.0 Å². The largest absolute Gasteiger partial charge is 0.491 e. The Morgan fingerprint density at radius 3 is 2.44 bits per heavy atom. The van der Waals surface area contributed by atoms with Crippen molar-refractivity contribution in [1.82, 2.24) is 5.32 Å². The van der Waals surface area contributed by atoms with Crippen molar-refractivity contribution in [2.24, 2.45) is 0 Å². The molecule has 2 N–H and O–H groups in total. The van der Waals surface area contributed by atoms with E-state index in [-0.39, 0.29) is 24.2 Å². The molecule has 0 atom stereocenters. The van der Waals surface area contributed by atoms with E-state index >= 15 is 0 Å². The smallest absolute Gasteiger partial charge is 0.224 e. The first-order valence-electron chi connectivity index (χ1n) is 9.11. The third-order valence-electron chi connectivity index (χ3n) is 3.85. The van der Waals surface area contributed by atoms with Gasteiger partial charge in [-0.15, -0.1) is 0 Å². The van der Waals surface area contributed by atoms with Gasteiger partial charge < -0.3 is 15.4 Å². The highest BCUT2D eigenvalue weighted by Crippen LogP contribution is 2.15. The molecule has 0 bridgehead atoms. The molecule has 0 heterocycles. The van der Waals surface area contributed by atoms with Crippen molar-refractivity contribution in [3.63, 3.8) is 0 Å². The standard InChI is InChI=1S/C21H25FN2O3/c1-2-6-21(26)24-17-12-10-16(11-13-17)15-23-20(25)9-5-14-27-19-8-4-3-7-18(19)22/h3-4,7-8,10-13H,2,5-6,9,14-15H2,1H3,(H,23,25)(H,24,26). The third-order valence-corrected chi connectivity index (χ3v) is 3.85. The summed E-state index contributed by atoms with van der Waals surface area (Å²) < 4.78 is 18.7. The molecule has 0 saturated carbocycles. The molecular weight excluding hydrogens is 347 g/mol. The first-order chi connectivity index (χ1) is 13.1. The Morgan fingerprint density at radius 1 is 1.00 bits per heavy atom. The molecule has 0 spiro atoms. The number of hydrogen-bond acceptors (Lipinski definition) is 3. The minimum atomic E-state index is -0.406. The summed E-state index contributed by atoms with van der Waals surface area (Å²) in [4.78, 5) is 23.4. The zero-order valence-electron chi connectivity index (χ0n) is 15.5. The van der Waals surface area contributed by atoms with Crippen LogP contribution >= 0.6 is 0 Å². The van der Waals surface area contributed by atoms with Crippen LogP contribution in [0.25, 0.3) is 0 Å². The molecular formula is C21H25FN2O3. The zero-order valence-corrected chi connectivity index (χ0v) is 15.5. The Hall–Kier alpha value is -2.89. The predicted octanol–water partition coefficient (Wildman–Crippen LogP) is 4.04. The van der Waals surface area contributed by atoms with Gasteiger partial charge in [-0.05, 0) is 42.7 Å². The molecule has 2 aromatic carbocycles. The van der Waals surface area contributed by atoms with Crippen LogP contribution in [0.5, 0.6) is 5.75 Å². The fourth-order valence-electron chi connectivity index (χ4n) is 2.42. The van der Waals surface area contributed by atoms with Gasteiger partial charge in [-0.25, -0.2) is 4.39 Å². The summed E-state index contributed by atoms with van der Waals surface area (Å²) in [7, 11) is 0. The second kappa shape index (κ2) is 11.0. The highest BCUT2D eigenvalue weighted by molar-refractivity contribution is 5.90. The molecule has 0 unspecified atom stereocenters. The van der Waals surface area contributed by atoms with Gasteiger partial charge in [0.15, 0.2) is 11.6 Å². The number of carbonyl (C=O) groups excluding carboxylic acids is 2. The SMILES string of the molecule is CCCC(=O)Nc1ccc(CNC(=O)CCCOc2ccccc2F)cc1. The zero-order chi connectivity index (χ0) is 19.5. The summed E-state index contributed by atoms with van der Waals surface area (Å²) in [5, 5.41) is 5.65. The lowest BCUT2D eigenvalue weighted by Gasteiger charge is -2.09. The van der Waals surface area contributed by atoms with Crippen molar-refractivity contribution in [3.8, 4) is 5.75 Å². The molecule has 27 heavy (non-hydrogen) atoms. The molecule has 0 saturated heterocycles. The maximum Gasteiger partial charge on any atom is 0.224 e. The summed E-state index contributed by atoms with van der Waals surface area (Å²) in [6.45, 7) is 2.65. The van der Waals surface area contributed by atoms with E-state index in [0.29, 0.717) is 25.8 Å². The summed E-state index contributed by atoms with van der Waals surface area (Å²) in [5.41, 5.74) is 1.69. The second-order valence-corrected chi connectivity index (χ2v) is 6.15. The van der Waals surface area contributed by atoms with Gasteiger partial charge in [-0.1, -0.05) is 31.2 Å². The van der Waals surface area contributed by atoms with Crippen LogP contribution in [0, 0.1) is 5.82 Å². The lowest BCUT2D eigenvalue weighted by molar-refractivity contribution is -0.121. The number of halogens is 1. The normalized spacial score (nSPS) is 10.3. The van der Waals surface area contributed by atoms with E-state index in [1.165, 1.54) is 6.07 Å². The fraction of sp³-hybridized carbons (Fsp3) is 0.333. The van der Waals surface area contributed by atoms with Crippen LogP contribution in [0.2, 0.25) is 0 Å². The molecule has 144 valence electrons. The van der Waals surface area contributed by atoms with E-state index in [1.807, 2.05) is 31.2 Å². The second-order valence-electron chi connectivity index (χ2n) is 6.15. The van der Waals surface area contributed by atoms with E-state index in [4.69, 9.17) is 4.74 Å². The van der Waals surface area contributed by atoms with Crippen molar-refractivity contribution >= 4 is 17.5 Å². The molecule has 0 aliphatic carbocycles. The number of benzene rings is 2. The molecule has 2 amide bonds. The molecule has 0 radical (unpaired) electrons. The number of rotatable bonds is 10. The van der Waals surface area contributed by atoms with E-state index < -0.39 is 5.82 Å². The Balaban J connectivity index is 1.65. The van der Waals surface area contributed by atoms with Crippen molar-refractivity contribution in [2.45, 2.75) is 39.2 Å². The molecule has 0 aliphatic rings. The summed E-state index contributed by atoms with van der Waals surface area (Å²) in [6.07, 6.45) is 2.11. The van der Waals surface area contributed by atoms with Crippen molar-refractivity contribution in [1.29, 1.82) is 0 Å². The quantitative estimate of drug-likeness (QED) is 0.619. The van der Waals surface area contributed by atoms with E-state index in [0.717, 1.165) is 17.7 Å². The minimum Gasteiger partial charge on any atom is -0.491 e. The number of para-hydroxylation sites is 1. The topological polar surface area (TPSA) is 67.4 Å². The number of ether oxygens (including phenoxy) is 1. The van der Waals surface area contributed by atoms with Gasteiger partial charge in [0.2, 0.25) is 11.8 Å².